The summed E-state index contributed by atoms with van der Waals surface area (Å²) in [4.78, 5) is 2.40. The Hall–Kier alpha value is -7.92. The Morgan fingerprint density at radius 1 is 0.387 bits per heavy atom. The normalized spacial score (nSPS) is 11.9. The smallest absolute Gasteiger partial charge is 0.145 e. The Labute approximate surface area is 361 Å². The highest BCUT2D eigenvalue weighted by molar-refractivity contribution is 7.25. The van der Waals surface area contributed by atoms with E-state index in [2.05, 4.69) is 228 Å². The standard InChI is InChI=1S/C58H36N2OS/c1-2-13-39-34-44(30-26-37(39)12-1)59(42-28-24-38(25-29-42)40-27-33-56-50(36-40)48-19-6-10-23-55(48)62-56)53-32-31-49-47-18-5-9-22-54(47)61-58(49)57(53)41-14-11-15-43(35-41)60-51-20-7-3-16-45(51)46-17-4-8-21-52(46)60/h1-36H. The average Bonchev–Trinajstić information content (AvgIpc) is 4.01. The van der Waals surface area contributed by atoms with E-state index >= 15 is 0 Å². The van der Waals surface area contributed by atoms with Gasteiger partial charge in [0.05, 0.1) is 16.7 Å². The van der Waals surface area contributed by atoms with Gasteiger partial charge in [-0.1, -0.05) is 133 Å². The van der Waals surface area contributed by atoms with Crippen LogP contribution in [0.5, 0.6) is 0 Å². The molecule has 3 aromatic heterocycles. The van der Waals surface area contributed by atoms with Gasteiger partial charge in [-0.25, -0.2) is 0 Å². The molecule has 0 radical (unpaired) electrons. The molecule has 0 saturated carbocycles. The van der Waals surface area contributed by atoms with Crippen LogP contribution in [0.2, 0.25) is 0 Å². The number of anilines is 3. The molecule has 0 unspecified atom stereocenters. The third-order valence-electron chi connectivity index (χ3n) is 12.6. The zero-order chi connectivity index (χ0) is 40.7. The van der Waals surface area contributed by atoms with Gasteiger partial charge in [-0.05, 0) is 112 Å². The van der Waals surface area contributed by atoms with E-state index in [0.29, 0.717) is 0 Å². The molecule has 0 amide bonds. The van der Waals surface area contributed by atoms with Crippen molar-refractivity contribution in [2.45, 2.75) is 0 Å². The fourth-order valence-corrected chi connectivity index (χ4v) is 10.8. The summed E-state index contributed by atoms with van der Waals surface area (Å²) in [5, 5.41) is 9.67. The maximum atomic E-state index is 6.95. The molecule has 0 bridgehead atoms. The van der Waals surface area contributed by atoms with Crippen molar-refractivity contribution in [1.82, 2.24) is 4.57 Å². The molecule has 0 aliphatic carbocycles. The largest absolute Gasteiger partial charge is 0.455 e. The summed E-state index contributed by atoms with van der Waals surface area (Å²) < 4.78 is 12.0. The lowest BCUT2D eigenvalue weighted by Crippen LogP contribution is -2.11. The van der Waals surface area contributed by atoms with Crippen LogP contribution in [-0.2, 0) is 0 Å². The molecule has 3 heterocycles. The Bertz CT molecular complexity index is 3830. The predicted octanol–water partition coefficient (Wildman–Crippen LogP) is 17.0. The Kier molecular flexibility index (Phi) is 7.78. The second-order valence-electron chi connectivity index (χ2n) is 16.1. The minimum atomic E-state index is 0.863. The summed E-state index contributed by atoms with van der Waals surface area (Å²) in [5.41, 5.74) is 12.8. The molecule has 4 heteroatoms. The third-order valence-corrected chi connectivity index (χ3v) is 13.7. The molecule has 0 saturated heterocycles. The van der Waals surface area contributed by atoms with Gasteiger partial charge in [0.1, 0.15) is 11.2 Å². The topological polar surface area (TPSA) is 21.3 Å². The summed E-state index contributed by atoms with van der Waals surface area (Å²) >= 11 is 1.85. The van der Waals surface area contributed by atoms with Gasteiger partial charge in [-0.2, -0.15) is 0 Å². The van der Waals surface area contributed by atoms with Gasteiger partial charge in [0.15, 0.2) is 0 Å². The molecule has 0 spiro atoms. The van der Waals surface area contributed by atoms with Crippen molar-refractivity contribution in [3.63, 3.8) is 0 Å². The van der Waals surface area contributed by atoms with Crippen LogP contribution < -0.4 is 4.90 Å². The Morgan fingerprint density at radius 2 is 1.05 bits per heavy atom. The first-order valence-electron chi connectivity index (χ1n) is 21.1. The van der Waals surface area contributed by atoms with Crippen molar-refractivity contribution >= 4 is 103 Å². The lowest BCUT2D eigenvalue weighted by molar-refractivity contribution is 0.670. The van der Waals surface area contributed by atoms with E-state index in [0.717, 1.165) is 55.8 Å². The maximum Gasteiger partial charge on any atom is 0.145 e. The van der Waals surface area contributed by atoms with Crippen LogP contribution in [-0.4, -0.2) is 4.57 Å². The van der Waals surface area contributed by atoms with E-state index in [4.69, 9.17) is 4.42 Å². The number of nitrogens with zero attached hydrogens (tertiary/aromatic N) is 2. The molecule has 62 heavy (non-hydrogen) atoms. The minimum absolute atomic E-state index is 0.863. The SMILES string of the molecule is c1cc(-c2c(N(c3ccc(-c4ccc5sc6ccccc6c5c4)cc3)c3ccc4ccccc4c3)ccc3c2oc2ccccc23)cc(-n2c3ccccc3c3ccccc32)c1. The van der Waals surface area contributed by atoms with Crippen molar-refractivity contribution in [2.24, 2.45) is 0 Å². The number of furan rings is 1. The van der Waals surface area contributed by atoms with Gasteiger partial charge in [-0.15, -0.1) is 11.3 Å². The molecule has 0 aliphatic heterocycles. The number of aromatic nitrogens is 1. The van der Waals surface area contributed by atoms with Crippen LogP contribution in [0.25, 0.3) is 103 Å². The highest BCUT2D eigenvalue weighted by atomic mass is 32.1. The Balaban J connectivity index is 1.04. The molecule has 13 rings (SSSR count). The second-order valence-corrected chi connectivity index (χ2v) is 17.2. The zero-order valence-corrected chi connectivity index (χ0v) is 34.3. The van der Waals surface area contributed by atoms with Gasteiger partial charge in [0.25, 0.3) is 0 Å². The van der Waals surface area contributed by atoms with Crippen LogP contribution in [0.1, 0.15) is 0 Å². The van der Waals surface area contributed by atoms with Crippen molar-refractivity contribution in [3.8, 4) is 27.9 Å². The quantitative estimate of drug-likeness (QED) is 0.167. The molecule has 10 aromatic carbocycles. The first-order chi connectivity index (χ1) is 30.7. The first kappa shape index (κ1) is 34.9. The van der Waals surface area contributed by atoms with E-state index in [-0.39, 0.29) is 0 Å². The molecule has 0 fully saturated rings. The monoisotopic (exact) mass is 808 g/mol. The minimum Gasteiger partial charge on any atom is -0.455 e. The van der Waals surface area contributed by atoms with E-state index in [1.54, 1.807) is 0 Å². The first-order valence-corrected chi connectivity index (χ1v) is 21.9. The number of hydrogen-bond donors (Lipinski definition) is 0. The van der Waals surface area contributed by atoms with Gasteiger partial charge >= 0.3 is 0 Å². The number of rotatable bonds is 6. The Morgan fingerprint density at radius 3 is 1.87 bits per heavy atom. The zero-order valence-electron chi connectivity index (χ0n) is 33.5. The summed E-state index contributed by atoms with van der Waals surface area (Å²) in [7, 11) is 0. The number of benzene rings is 10. The van der Waals surface area contributed by atoms with Crippen molar-refractivity contribution in [2.75, 3.05) is 4.90 Å². The van der Waals surface area contributed by atoms with E-state index in [1.165, 1.54) is 63.9 Å². The van der Waals surface area contributed by atoms with Crippen LogP contribution in [0, 0.1) is 0 Å². The molecule has 0 atom stereocenters. The molecule has 3 nitrogen and oxygen atoms in total. The second kappa shape index (κ2) is 13.8. The molecular weight excluding hydrogens is 773 g/mol. The van der Waals surface area contributed by atoms with E-state index in [9.17, 15) is 0 Å². The summed E-state index contributed by atoms with van der Waals surface area (Å²) in [6, 6.07) is 79.3. The predicted molar refractivity (Wildman–Crippen MR) is 264 cm³/mol. The number of thiophene rings is 1. The van der Waals surface area contributed by atoms with Crippen molar-refractivity contribution < 1.29 is 4.42 Å². The fourth-order valence-electron chi connectivity index (χ4n) is 9.70. The highest BCUT2D eigenvalue weighted by Crippen LogP contribution is 2.48. The molecule has 13 aromatic rings. The van der Waals surface area contributed by atoms with Crippen molar-refractivity contribution in [3.05, 3.63) is 218 Å². The summed E-state index contributed by atoms with van der Waals surface area (Å²) in [5.74, 6) is 0. The number of para-hydroxylation sites is 3. The average molecular weight is 809 g/mol. The fraction of sp³-hybridized carbons (Fsp3) is 0. The van der Waals surface area contributed by atoms with Crippen LogP contribution in [0.4, 0.5) is 17.1 Å². The van der Waals surface area contributed by atoms with Crippen LogP contribution >= 0.6 is 11.3 Å². The lowest BCUT2D eigenvalue weighted by atomic mass is 9.97. The van der Waals surface area contributed by atoms with Gasteiger partial charge in [0.2, 0.25) is 0 Å². The molecular formula is C58H36N2OS. The van der Waals surface area contributed by atoms with Gasteiger partial charge in [0, 0.05) is 64.3 Å². The maximum absolute atomic E-state index is 6.95. The van der Waals surface area contributed by atoms with Gasteiger partial charge < -0.3 is 13.9 Å². The van der Waals surface area contributed by atoms with Gasteiger partial charge in [-0.3, -0.25) is 0 Å². The van der Waals surface area contributed by atoms with Crippen molar-refractivity contribution in [1.29, 1.82) is 0 Å². The number of fused-ring (bicyclic) bond motifs is 10. The highest BCUT2D eigenvalue weighted by Gasteiger charge is 2.24. The summed E-state index contributed by atoms with van der Waals surface area (Å²) in [6.07, 6.45) is 0. The molecule has 0 N–H and O–H groups in total. The lowest BCUT2D eigenvalue weighted by Gasteiger charge is -2.28. The van der Waals surface area contributed by atoms with E-state index in [1.807, 2.05) is 11.3 Å². The molecule has 290 valence electrons. The third kappa shape index (κ3) is 5.44. The van der Waals surface area contributed by atoms with Crippen LogP contribution in [0.15, 0.2) is 223 Å². The number of hydrogen-bond acceptors (Lipinski definition) is 3. The molecule has 0 aliphatic rings. The van der Waals surface area contributed by atoms with Crippen LogP contribution in [0.3, 0.4) is 0 Å². The van der Waals surface area contributed by atoms with E-state index < -0.39 is 0 Å². The summed E-state index contributed by atoms with van der Waals surface area (Å²) in [6.45, 7) is 0.